The molecule has 1 aromatic heterocycles. The van der Waals surface area contributed by atoms with Gasteiger partial charge in [0.05, 0.1) is 18.9 Å². The van der Waals surface area contributed by atoms with E-state index in [2.05, 4.69) is 20.0 Å². The second kappa shape index (κ2) is 6.42. The van der Waals surface area contributed by atoms with Gasteiger partial charge in [0.15, 0.2) is 0 Å². The van der Waals surface area contributed by atoms with Gasteiger partial charge in [0.25, 0.3) is 5.91 Å². The number of benzene rings is 1. The third kappa shape index (κ3) is 3.38. The van der Waals surface area contributed by atoms with Crippen LogP contribution < -0.4 is 5.32 Å². The quantitative estimate of drug-likeness (QED) is 0.845. The normalized spacial score (nSPS) is 9.85. The molecule has 2 rings (SSSR count). The molecule has 0 spiro atoms. The lowest BCUT2D eigenvalue weighted by molar-refractivity contribution is 0.0600. The van der Waals surface area contributed by atoms with Gasteiger partial charge in [-0.3, -0.25) is 9.78 Å². The van der Waals surface area contributed by atoms with Gasteiger partial charge in [-0.2, -0.15) is 0 Å². The molecule has 6 nitrogen and oxygen atoms in total. The Bertz CT molecular complexity index is 597. The summed E-state index contributed by atoms with van der Waals surface area (Å²) < 4.78 is 4.61. The highest BCUT2D eigenvalue weighted by Gasteiger charge is 2.07. The largest absolute Gasteiger partial charge is 0.465 e. The molecule has 0 aliphatic heterocycles. The number of carbonyl (C=O) groups is 2. The number of nitrogens with one attached hydrogen (secondary N) is 1. The van der Waals surface area contributed by atoms with Crippen LogP contribution in [0.1, 0.15) is 26.4 Å². The molecule has 0 bridgehead atoms. The summed E-state index contributed by atoms with van der Waals surface area (Å²) in [5, 5.41) is 2.72. The van der Waals surface area contributed by atoms with Gasteiger partial charge in [-0.1, -0.05) is 12.1 Å². The summed E-state index contributed by atoms with van der Waals surface area (Å²) in [5.41, 5.74) is 1.60. The molecule has 0 aliphatic rings. The van der Waals surface area contributed by atoms with E-state index in [9.17, 15) is 9.59 Å². The van der Waals surface area contributed by atoms with Crippen LogP contribution in [0.5, 0.6) is 0 Å². The van der Waals surface area contributed by atoms with Crippen LogP contribution in [0.25, 0.3) is 0 Å². The van der Waals surface area contributed by atoms with Crippen molar-refractivity contribution in [3.05, 3.63) is 59.7 Å². The Balaban J connectivity index is 1.94. The topological polar surface area (TPSA) is 81.2 Å². The molecule has 1 heterocycles. The van der Waals surface area contributed by atoms with Gasteiger partial charge in [-0.15, -0.1) is 0 Å². The summed E-state index contributed by atoms with van der Waals surface area (Å²) in [6.07, 6.45) is 4.36. The lowest BCUT2D eigenvalue weighted by Gasteiger charge is -2.05. The second-order valence-electron chi connectivity index (χ2n) is 3.96. The SMILES string of the molecule is COC(=O)c1ccc(CNC(=O)c2cnccn2)cc1. The Hall–Kier alpha value is -2.76. The van der Waals surface area contributed by atoms with Gasteiger partial charge in [-0.25, -0.2) is 9.78 Å². The van der Waals surface area contributed by atoms with E-state index in [1.807, 2.05) is 0 Å². The predicted molar refractivity (Wildman–Crippen MR) is 71.0 cm³/mol. The Morgan fingerprint density at radius 3 is 2.55 bits per heavy atom. The van der Waals surface area contributed by atoms with Gasteiger partial charge in [0.2, 0.25) is 0 Å². The molecule has 1 amide bonds. The molecular formula is C14H13N3O3. The van der Waals surface area contributed by atoms with E-state index < -0.39 is 0 Å². The first-order valence-corrected chi connectivity index (χ1v) is 5.92. The van der Waals surface area contributed by atoms with Gasteiger partial charge in [-0.05, 0) is 17.7 Å². The number of ether oxygens (including phenoxy) is 1. The molecule has 0 radical (unpaired) electrons. The maximum Gasteiger partial charge on any atom is 0.337 e. The number of aromatic nitrogens is 2. The fourth-order valence-electron chi connectivity index (χ4n) is 1.57. The van der Waals surface area contributed by atoms with Crippen LogP contribution in [-0.4, -0.2) is 29.0 Å². The molecule has 1 aromatic carbocycles. The van der Waals surface area contributed by atoms with Gasteiger partial charge >= 0.3 is 5.97 Å². The fourth-order valence-corrected chi connectivity index (χ4v) is 1.57. The van der Waals surface area contributed by atoms with E-state index in [-0.39, 0.29) is 17.6 Å². The summed E-state index contributed by atoms with van der Waals surface area (Å²) >= 11 is 0. The van der Waals surface area contributed by atoms with E-state index in [0.717, 1.165) is 5.56 Å². The van der Waals surface area contributed by atoms with Crippen molar-refractivity contribution < 1.29 is 14.3 Å². The number of hydrogen-bond acceptors (Lipinski definition) is 5. The standard InChI is InChI=1S/C14H13N3O3/c1-20-14(19)11-4-2-10(3-5-11)8-17-13(18)12-9-15-6-7-16-12/h2-7,9H,8H2,1H3,(H,17,18). The summed E-state index contributed by atoms with van der Waals surface area (Å²) in [5.74, 6) is -0.685. The number of esters is 1. The molecule has 0 aliphatic carbocycles. The molecular weight excluding hydrogens is 258 g/mol. The van der Waals surface area contributed by atoms with Crippen molar-refractivity contribution in [3.8, 4) is 0 Å². The molecule has 0 fully saturated rings. The third-order valence-corrected chi connectivity index (χ3v) is 2.62. The van der Waals surface area contributed by atoms with Crippen molar-refractivity contribution in [2.45, 2.75) is 6.54 Å². The summed E-state index contributed by atoms with van der Waals surface area (Å²) in [6.45, 7) is 0.344. The zero-order chi connectivity index (χ0) is 14.4. The maximum absolute atomic E-state index is 11.8. The van der Waals surface area contributed by atoms with Crippen LogP contribution in [-0.2, 0) is 11.3 Å². The summed E-state index contributed by atoms with van der Waals surface area (Å²) in [7, 11) is 1.33. The van der Waals surface area contributed by atoms with Crippen LogP contribution >= 0.6 is 0 Å². The number of amides is 1. The molecule has 0 unspecified atom stereocenters. The summed E-state index contributed by atoms with van der Waals surface area (Å²) in [4.78, 5) is 30.8. The average molecular weight is 271 g/mol. The lowest BCUT2D eigenvalue weighted by Crippen LogP contribution is -2.23. The van der Waals surface area contributed by atoms with Crippen LogP contribution in [0.3, 0.4) is 0 Å². The van der Waals surface area contributed by atoms with Crippen LogP contribution in [0.4, 0.5) is 0 Å². The third-order valence-electron chi connectivity index (χ3n) is 2.62. The number of carbonyl (C=O) groups excluding carboxylic acids is 2. The molecule has 20 heavy (non-hydrogen) atoms. The average Bonchev–Trinajstić information content (AvgIpc) is 2.53. The highest BCUT2D eigenvalue weighted by molar-refractivity contribution is 5.92. The minimum atomic E-state index is -0.389. The smallest absolute Gasteiger partial charge is 0.337 e. The number of methoxy groups -OCH3 is 1. The first kappa shape index (κ1) is 13.7. The van der Waals surface area contributed by atoms with Crippen molar-refractivity contribution in [3.63, 3.8) is 0 Å². The predicted octanol–water partition coefficient (Wildman–Crippen LogP) is 1.19. The van der Waals surface area contributed by atoms with E-state index in [1.54, 1.807) is 24.3 Å². The highest BCUT2D eigenvalue weighted by Crippen LogP contribution is 2.05. The lowest BCUT2D eigenvalue weighted by atomic mass is 10.1. The maximum atomic E-state index is 11.8. The van der Waals surface area contributed by atoms with Crippen LogP contribution in [0.2, 0.25) is 0 Å². The van der Waals surface area contributed by atoms with Crippen molar-refractivity contribution in [1.82, 2.24) is 15.3 Å². The van der Waals surface area contributed by atoms with Crippen LogP contribution in [0.15, 0.2) is 42.9 Å². The molecule has 0 atom stereocenters. The van der Waals surface area contributed by atoms with Gasteiger partial charge in [0.1, 0.15) is 5.69 Å². The Kier molecular flexibility index (Phi) is 4.39. The minimum absolute atomic E-state index is 0.263. The first-order valence-electron chi connectivity index (χ1n) is 5.92. The van der Waals surface area contributed by atoms with E-state index in [4.69, 9.17) is 0 Å². The monoisotopic (exact) mass is 271 g/mol. The molecule has 2 aromatic rings. The van der Waals surface area contributed by atoms with Crippen molar-refractivity contribution in [1.29, 1.82) is 0 Å². The minimum Gasteiger partial charge on any atom is -0.465 e. The van der Waals surface area contributed by atoms with E-state index in [0.29, 0.717) is 12.1 Å². The number of nitrogens with zero attached hydrogens (tertiary/aromatic N) is 2. The number of hydrogen-bond donors (Lipinski definition) is 1. The van der Waals surface area contributed by atoms with Crippen LogP contribution in [0, 0.1) is 0 Å². The zero-order valence-corrected chi connectivity index (χ0v) is 10.9. The molecule has 0 saturated heterocycles. The molecule has 1 N–H and O–H groups in total. The van der Waals surface area contributed by atoms with Crippen molar-refractivity contribution in [2.24, 2.45) is 0 Å². The Morgan fingerprint density at radius 2 is 1.95 bits per heavy atom. The Morgan fingerprint density at radius 1 is 1.20 bits per heavy atom. The Labute approximate surface area is 115 Å². The van der Waals surface area contributed by atoms with E-state index in [1.165, 1.54) is 25.7 Å². The van der Waals surface area contributed by atoms with Crippen molar-refractivity contribution >= 4 is 11.9 Å². The molecule has 6 heteroatoms. The first-order chi connectivity index (χ1) is 9.70. The molecule has 102 valence electrons. The van der Waals surface area contributed by atoms with Gasteiger partial charge in [0, 0.05) is 18.9 Å². The zero-order valence-electron chi connectivity index (χ0n) is 10.9. The second-order valence-corrected chi connectivity index (χ2v) is 3.96. The molecule has 0 saturated carbocycles. The number of rotatable bonds is 4. The highest BCUT2D eigenvalue weighted by atomic mass is 16.5. The van der Waals surface area contributed by atoms with Gasteiger partial charge < -0.3 is 10.1 Å². The fraction of sp³-hybridized carbons (Fsp3) is 0.143. The van der Waals surface area contributed by atoms with E-state index >= 15 is 0 Å². The van der Waals surface area contributed by atoms with Crippen molar-refractivity contribution in [2.75, 3.05) is 7.11 Å². The summed E-state index contributed by atoms with van der Waals surface area (Å²) in [6, 6.07) is 6.80.